The first-order chi connectivity index (χ1) is 15.7. The Morgan fingerprint density at radius 2 is 1.79 bits per heavy atom. The molecule has 1 fully saturated rings. The summed E-state index contributed by atoms with van der Waals surface area (Å²) >= 11 is 4.97. The third kappa shape index (κ3) is 5.16. The molecule has 33 heavy (non-hydrogen) atoms. The number of carbonyl (C=O) groups is 1. The highest BCUT2D eigenvalue weighted by atomic mass is 79.9. The van der Waals surface area contributed by atoms with Crippen molar-refractivity contribution in [1.82, 2.24) is 8.87 Å². The van der Waals surface area contributed by atoms with Crippen molar-refractivity contribution in [3.8, 4) is 0 Å². The maximum atomic E-state index is 13.1. The molecule has 4 rings (SSSR count). The second-order valence-corrected chi connectivity index (χ2v) is 12.7. The molecule has 0 N–H and O–H groups in total. The van der Waals surface area contributed by atoms with Gasteiger partial charge < -0.3 is 4.57 Å². The lowest BCUT2D eigenvalue weighted by Gasteiger charge is -2.34. The van der Waals surface area contributed by atoms with Crippen molar-refractivity contribution < 1.29 is 13.2 Å². The number of rotatable bonds is 5. The van der Waals surface area contributed by atoms with Crippen molar-refractivity contribution in [1.29, 1.82) is 0 Å². The molecule has 1 aliphatic heterocycles. The highest BCUT2D eigenvalue weighted by molar-refractivity contribution is 9.10. The minimum atomic E-state index is -3.58. The van der Waals surface area contributed by atoms with Gasteiger partial charge in [0.1, 0.15) is 0 Å². The lowest BCUT2D eigenvalue weighted by Crippen LogP contribution is -2.42. The summed E-state index contributed by atoms with van der Waals surface area (Å²) in [5.41, 5.74) is 1.42. The zero-order valence-corrected chi connectivity index (χ0v) is 22.2. The van der Waals surface area contributed by atoms with Crippen molar-refractivity contribution in [2.45, 2.75) is 45.1 Å². The van der Waals surface area contributed by atoms with Crippen LogP contribution in [0.25, 0.3) is 10.2 Å². The molecule has 6 nitrogen and oxygen atoms in total. The van der Waals surface area contributed by atoms with Crippen molar-refractivity contribution in [2.24, 2.45) is 16.8 Å². The fourth-order valence-electron chi connectivity index (χ4n) is 4.44. The molecular formula is C24H28BrN3O3S2. The number of halogens is 1. The van der Waals surface area contributed by atoms with Crippen molar-refractivity contribution in [3.63, 3.8) is 0 Å². The maximum Gasteiger partial charge on any atom is 0.279 e. The van der Waals surface area contributed by atoms with Crippen LogP contribution in [0.4, 0.5) is 0 Å². The largest absolute Gasteiger partial charge is 0.316 e. The fraction of sp³-hybridized carbons (Fsp3) is 0.417. The standard InChI is InChI=1S/C24H28BrN3O3S2/c1-4-11-28-21-10-7-19(25)13-22(21)32-24(28)26-23(29)18-5-8-20(9-6-18)33(30,31)27-14-16(2)12-17(3)15-27/h5-10,13,16-17H,4,11-12,14-15H2,1-3H3. The molecule has 0 aliphatic carbocycles. The summed E-state index contributed by atoms with van der Waals surface area (Å²) in [6.45, 7) is 8.07. The van der Waals surface area contributed by atoms with Gasteiger partial charge in [0.15, 0.2) is 4.80 Å². The van der Waals surface area contributed by atoms with E-state index in [-0.39, 0.29) is 10.8 Å². The molecule has 2 aromatic carbocycles. The number of hydrogen-bond acceptors (Lipinski definition) is 4. The first-order valence-corrected chi connectivity index (χ1v) is 14.2. The number of amides is 1. The molecule has 176 valence electrons. The number of benzene rings is 2. The predicted molar refractivity (Wildman–Crippen MR) is 136 cm³/mol. The zero-order chi connectivity index (χ0) is 23.8. The first-order valence-electron chi connectivity index (χ1n) is 11.2. The highest BCUT2D eigenvalue weighted by Crippen LogP contribution is 2.27. The topological polar surface area (TPSA) is 71.7 Å². The van der Waals surface area contributed by atoms with Gasteiger partial charge in [0.25, 0.3) is 5.91 Å². The van der Waals surface area contributed by atoms with Crippen LogP contribution in [0.2, 0.25) is 0 Å². The summed E-state index contributed by atoms with van der Waals surface area (Å²) in [7, 11) is -3.58. The normalized spacial score (nSPS) is 20.4. The maximum absolute atomic E-state index is 13.1. The van der Waals surface area contributed by atoms with Crippen LogP contribution < -0.4 is 4.80 Å². The fourth-order valence-corrected chi connectivity index (χ4v) is 7.73. The van der Waals surface area contributed by atoms with Gasteiger partial charge in [-0.05, 0) is 67.1 Å². The molecule has 0 bridgehead atoms. The number of hydrogen-bond donors (Lipinski definition) is 0. The average molecular weight is 551 g/mol. The zero-order valence-electron chi connectivity index (χ0n) is 19.0. The van der Waals surface area contributed by atoms with E-state index in [0.29, 0.717) is 35.3 Å². The second-order valence-electron chi connectivity index (χ2n) is 8.86. The quantitative estimate of drug-likeness (QED) is 0.434. The van der Waals surface area contributed by atoms with Gasteiger partial charge in [0.2, 0.25) is 10.0 Å². The number of carbonyl (C=O) groups excluding carboxylic acids is 1. The minimum Gasteiger partial charge on any atom is -0.316 e. The Bertz CT molecular complexity index is 1330. The van der Waals surface area contributed by atoms with Crippen molar-refractivity contribution >= 4 is 53.4 Å². The lowest BCUT2D eigenvalue weighted by atomic mass is 9.94. The van der Waals surface area contributed by atoms with Crippen LogP contribution in [0.5, 0.6) is 0 Å². The molecule has 0 spiro atoms. The Hall–Kier alpha value is -1.81. The van der Waals surface area contributed by atoms with Gasteiger partial charge in [-0.3, -0.25) is 4.79 Å². The Labute approximate surface area is 207 Å². The number of fused-ring (bicyclic) bond motifs is 1. The van der Waals surface area contributed by atoms with E-state index in [4.69, 9.17) is 0 Å². The van der Waals surface area contributed by atoms with Crippen molar-refractivity contribution in [2.75, 3.05) is 13.1 Å². The number of nitrogens with zero attached hydrogens (tertiary/aromatic N) is 3. The van der Waals surface area contributed by atoms with E-state index in [1.54, 1.807) is 16.4 Å². The second kappa shape index (κ2) is 9.82. The van der Waals surface area contributed by atoms with Crippen molar-refractivity contribution in [3.05, 3.63) is 57.3 Å². The Balaban J connectivity index is 1.63. The van der Waals surface area contributed by atoms with E-state index in [1.807, 2.05) is 18.2 Å². The van der Waals surface area contributed by atoms with E-state index in [2.05, 4.69) is 46.3 Å². The molecule has 1 amide bonds. The van der Waals surface area contributed by atoms with Crippen LogP contribution in [-0.2, 0) is 16.6 Å². The molecule has 3 aromatic rings. The summed E-state index contributed by atoms with van der Waals surface area (Å²) in [6, 6.07) is 12.2. The van der Waals surface area contributed by atoms with Crippen LogP contribution in [0.15, 0.2) is 56.8 Å². The van der Waals surface area contributed by atoms with Gasteiger partial charge in [0.05, 0.1) is 15.1 Å². The molecule has 9 heteroatoms. The SMILES string of the molecule is CCCn1c(=NC(=O)c2ccc(S(=O)(=O)N3CC(C)CC(C)C3)cc2)sc2cc(Br)ccc21. The minimum absolute atomic E-state index is 0.216. The average Bonchev–Trinajstić information content (AvgIpc) is 3.09. The van der Waals surface area contributed by atoms with Gasteiger partial charge >= 0.3 is 0 Å². The molecule has 0 saturated carbocycles. The van der Waals surface area contributed by atoms with Gasteiger partial charge in [-0.15, -0.1) is 0 Å². The third-order valence-electron chi connectivity index (χ3n) is 5.86. The summed E-state index contributed by atoms with van der Waals surface area (Å²) in [5.74, 6) is 0.287. The number of aryl methyl sites for hydroxylation is 1. The summed E-state index contributed by atoms with van der Waals surface area (Å²) in [6.07, 6.45) is 1.96. The molecule has 2 heterocycles. The predicted octanol–water partition coefficient (Wildman–Crippen LogP) is 5.28. The van der Waals surface area contributed by atoms with Gasteiger partial charge in [-0.1, -0.05) is 48.0 Å². The van der Waals surface area contributed by atoms with Crippen LogP contribution in [0.1, 0.15) is 44.0 Å². The smallest absolute Gasteiger partial charge is 0.279 e. The van der Waals surface area contributed by atoms with Gasteiger partial charge in [-0.25, -0.2) is 8.42 Å². The molecule has 2 atom stereocenters. The molecule has 1 aromatic heterocycles. The monoisotopic (exact) mass is 549 g/mol. The highest BCUT2D eigenvalue weighted by Gasteiger charge is 2.31. The Morgan fingerprint density at radius 1 is 1.12 bits per heavy atom. The van der Waals surface area contributed by atoms with Crippen LogP contribution in [0, 0.1) is 11.8 Å². The summed E-state index contributed by atoms with van der Waals surface area (Å²) in [4.78, 5) is 18.2. The lowest BCUT2D eigenvalue weighted by molar-refractivity contribution is 0.0997. The van der Waals surface area contributed by atoms with Gasteiger partial charge in [-0.2, -0.15) is 9.30 Å². The first kappa shape index (κ1) is 24.3. The number of piperidine rings is 1. The third-order valence-corrected chi connectivity index (χ3v) is 9.24. The van der Waals surface area contributed by atoms with E-state index < -0.39 is 10.0 Å². The van der Waals surface area contributed by atoms with E-state index in [0.717, 1.165) is 34.1 Å². The molecule has 1 saturated heterocycles. The molecule has 2 unspecified atom stereocenters. The number of sulfonamides is 1. The summed E-state index contributed by atoms with van der Waals surface area (Å²) in [5, 5.41) is 0. The van der Waals surface area contributed by atoms with E-state index in [9.17, 15) is 13.2 Å². The van der Waals surface area contributed by atoms with Gasteiger partial charge in [0, 0.05) is 29.7 Å². The Kier molecular flexibility index (Phi) is 7.23. The molecular weight excluding hydrogens is 522 g/mol. The summed E-state index contributed by atoms with van der Waals surface area (Å²) < 4.78 is 31.9. The van der Waals surface area contributed by atoms with Crippen LogP contribution in [-0.4, -0.2) is 36.3 Å². The van der Waals surface area contributed by atoms with E-state index >= 15 is 0 Å². The number of aromatic nitrogens is 1. The van der Waals surface area contributed by atoms with Crippen LogP contribution >= 0.6 is 27.3 Å². The number of thiazole rings is 1. The van der Waals surface area contributed by atoms with E-state index in [1.165, 1.54) is 23.5 Å². The molecule has 0 radical (unpaired) electrons. The molecule has 1 aliphatic rings. The van der Waals surface area contributed by atoms with Crippen LogP contribution in [0.3, 0.4) is 0 Å². The Morgan fingerprint density at radius 3 is 2.42 bits per heavy atom.